The molecule has 0 aliphatic heterocycles. The lowest BCUT2D eigenvalue weighted by Gasteiger charge is -2.24. The van der Waals surface area contributed by atoms with Gasteiger partial charge in [-0.05, 0) is 38.0 Å². The van der Waals surface area contributed by atoms with E-state index in [0.717, 1.165) is 47.9 Å². The lowest BCUT2D eigenvalue weighted by Crippen LogP contribution is -2.20. The van der Waals surface area contributed by atoms with Gasteiger partial charge in [-0.3, -0.25) is 0 Å². The molecule has 0 spiro atoms. The maximum Gasteiger partial charge on any atom is 0.141 e. The third-order valence-corrected chi connectivity index (χ3v) is 5.29. The van der Waals surface area contributed by atoms with Crippen molar-refractivity contribution >= 4 is 5.70 Å². The second kappa shape index (κ2) is 8.99. The molecule has 2 aromatic carbocycles. The second-order valence-electron chi connectivity index (χ2n) is 7.71. The van der Waals surface area contributed by atoms with E-state index >= 15 is 0 Å². The van der Waals surface area contributed by atoms with Crippen LogP contribution < -0.4 is 0 Å². The fourth-order valence-electron chi connectivity index (χ4n) is 3.54. The zero-order valence-electron chi connectivity index (χ0n) is 17.9. The van der Waals surface area contributed by atoms with Gasteiger partial charge in [0, 0.05) is 25.7 Å². The molecule has 0 bridgehead atoms. The number of rotatable bonds is 8. The average Bonchev–Trinajstić information content (AvgIpc) is 3.03. The molecule has 3 rings (SSSR count). The molecule has 152 valence electrons. The SMILES string of the molecule is C=C(c1c(C)nc(-c2cccc(O)c2)n1Cc1ccc(C)cc1)N(C)CCCC. The van der Waals surface area contributed by atoms with Crippen LogP contribution in [0, 0.1) is 13.8 Å². The standard InChI is InChI=1S/C25H31N3O/c1-6-7-15-27(5)20(4)24-19(3)26-25(22-9-8-10-23(29)16-22)28(24)17-21-13-11-18(2)12-14-21/h8-14,16,29H,4,6-7,15,17H2,1-3,5H3. The van der Waals surface area contributed by atoms with Crippen molar-refractivity contribution in [1.82, 2.24) is 14.5 Å². The first-order chi connectivity index (χ1) is 13.9. The van der Waals surface area contributed by atoms with Crippen molar-refractivity contribution in [2.75, 3.05) is 13.6 Å². The number of hydrogen-bond acceptors (Lipinski definition) is 3. The molecule has 0 aliphatic rings. The van der Waals surface area contributed by atoms with Crippen molar-refractivity contribution in [2.45, 2.75) is 40.2 Å². The number of aromatic nitrogens is 2. The summed E-state index contributed by atoms with van der Waals surface area (Å²) in [5.74, 6) is 1.09. The van der Waals surface area contributed by atoms with Gasteiger partial charge in [-0.15, -0.1) is 0 Å². The molecule has 0 radical (unpaired) electrons. The van der Waals surface area contributed by atoms with Crippen LogP contribution >= 0.6 is 0 Å². The van der Waals surface area contributed by atoms with E-state index in [1.807, 2.05) is 19.1 Å². The van der Waals surface area contributed by atoms with Crippen LogP contribution in [0.1, 0.15) is 42.3 Å². The van der Waals surface area contributed by atoms with Crippen LogP contribution in [0.5, 0.6) is 5.75 Å². The first kappa shape index (κ1) is 20.7. The quantitative estimate of drug-likeness (QED) is 0.543. The summed E-state index contributed by atoms with van der Waals surface area (Å²) in [4.78, 5) is 7.10. The summed E-state index contributed by atoms with van der Waals surface area (Å²) >= 11 is 0. The van der Waals surface area contributed by atoms with E-state index in [1.165, 1.54) is 11.1 Å². The van der Waals surface area contributed by atoms with Crippen LogP contribution in [-0.4, -0.2) is 33.1 Å². The van der Waals surface area contributed by atoms with Crippen LogP contribution in [-0.2, 0) is 6.54 Å². The Bertz CT molecular complexity index is 986. The summed E-state index contributed by atoms with van der Waals surface area (Å²) in [7, 11) is 2.09. The van der Waals surface area contributed by atoms with E-state index in [9.17, 15) is 5.11 Å². The molecular weight excluding hydrogens is 358 g/mol. The molecule has 0 saturated carbocycles. The number of imidazole rings is 1. The Balaban J connectivity index is 2.09. The van der Waals surface area contributed by atoms with Gasteiger partial charge in [0.05, 0.1) is 17.1 Å². The van der Waals surface area contributed by atoms with E-state index < -0.39 is 0 Å². The van der Waals surface area contributed by atoms with Crippen LogP contribution in [0.25, 0.3) is 17.1 Å². The molecule has 0 saturated heterocycles. The minimum Gasteiger partial charge on any atom is -0.508 e. The third-order valence-electron chi connectivity index (χ3n) is 5.29. The van der Waals surface area contributed by atoms with E-state index in [1.54, 1.807) is 12.1 Å². The van der Waals surface area contributed by atoms with Crippen LogP contribution in [0.15, 0.2) is 55.1 Å². The number of hydrogen-bond donors (Lipinski definition) is 1. The predicted octanol–water partition coefficient (Wildman–Crippen LogP) is 5.62. The first-order valence-corrected chi connectivity index (χ1v) is 10.2. The maximum atomic E-state index is 9.99. The summed E-state index contributed by atoms with van der Waals surface area (Å²) in [6, 6.07) is 15.9. The monoisotopic (exact) mass is 389 g/mol. The zero-order chi connectivity index (χ0) is 21.0. The predicted molar refractivity (Wildman–Crippen MR) is 121 cm³/mol. The van der Waals surface area contributed by atoms with E-state index in [4.69, 9.17) is 4.98 Å². The highest BCUT2D eigenvalue weighted by atomic mass is 16.3. The lowest BCUT2D eigenvalue weighted by molar-refractivity contribution is 0.459. The van der Waals surface area contributed by atoms with E-state index in [0.29, 0.717) is 6.54 Å². The van der Waals surface area contributed by atoms with Crippen molar-refractivity contribution in [2.24, 2.45) is 0 Å². The lowest BCUT2D eigenvalue weighted by atomic mass is 10.1. The minimum absolute atomic E-state index is 0.241. The highest BCUT2D eigenvalue weighted by molar-refractivity contribution is 5.67. The molecule has 4 nitrogen and oxygen atoms in total. The molecule has 0 atom stereocenters. The first-order valence-electron chi connectivity index (χ1n) is 10.2. The summed E-state index contributed by atoms with van der Waals surface area (Å²) in [5, 5.41) is 9.99. The van der Waals surface area contributed by atoms with Gasteiger partial charge in [0.25, 0.3) is 0 Å². The Labute approximate surface area is 174 Å². The largest absolute Gasteiger partial charge is 0.508 e. The fourth-order valence-corrected chi connectivity index (χ4v) is 3.54. The van der Waals surface area contributed by atoms with Crippen LogP contribution in [0.4, 0.5) is 0 Å². The molecule has 1 aromatic heterocycles. The molecule has 0 amide bonds. The molecule has 3 aromatic rings. The number of unbranched alkanes of at least 4 members (excludes halogenated alkanes) is 1. The van der Waals surface area contributed by atoms with Crippen molar-refractivity contribution < 1.29 is 5.11 Å². The Morgan fingerprint density at radius 1 is 1.14 bits per heavy atom. The van der Waals surface area contributed by atoms with Crippen molar-refractivity contribution in [1.29, 1.82) is 0 Å². The van der Waals surface area contributed by atoms with Gasteiger partial charge in [-0.25, -0.2) is 4.98 Å². The highest BCUT2D eigenvalue weighted by Crippen LogP contribution is 2.30. The van der Waals surface area contributed by atoms with Gasteiger partial charge in [-0.1, -0.05) is 61.9 Å². The second-order valence-corrected chi connectivity index (χ2v) is 7.71. The molecule has 1 N–H and O–H groups in total. The number of nitrogens with zero attached hydrogens (tertiary/aromatic N) is 3. The Hall–Kier alpha value is -3.01. The number of benzene rings is 2. The van der Waals surface area contributed by atoms with Gasteiger partial charge in [0.15, 0.2) is 0 Å². The van der Waals surface area contributed by atoms with Gasteiger partial charge >= 0.3 is 0 Å². The van der Waals surface area contributed by atoms with Crippen molar-refractivity contribution in [3.63, 3.8) is 0 Å². The molecule has 29 heavy (non-hydrogen) atoms. The van der Waals surface area contributed by atoms with Crippen molar-refractivity contribution in [3.05, 3.63) is 77.6 Å². The topological polar surface area (TPSA) is 41.3 Å². The number of phenolic OH excluding ortho intramolecular Hbond substituents is 1. The smallest absolute Gasteiger partial charge is 0.141 e. The number of aryl methyl sites for hydroxylation is 2. The van der Waals surface area contributed by atoms with E-state index in [2.05, 4.69) is 61.2 Å². The number of phenols is 1. The highest BCUT2D eigenvalue weighted by Gasteiger charge is 2.20. The minimum atomic E-state index is 0.241. The summed E-state index contributed by atoms with van der Waals surface area (Å²) < 4.78 is 2.22. The molecular formula is C25H31N3O. The van der Waals surface area contributed by atoms with Gasteiger partial charge in [-0.2, -0.15) is 0 Å². The summed E-state index contributed by atoms with van der Waals surface area (Å²) in [6.07, 6.45) is 2.27. The summed E-state index contributed by atoms with van der Waals surface area (Å²) in [6.45, 7) is 12.4. The molecule has 0 unspecified atom stereocenters. The Morgan fingerprint density at radius 3 is 2.52 bits per heavy atom. The molecule has 0 aliphatic carbocycles. The van der Waals surface area contributed by atoms with Gasteiger partial charge < -0.3 is 14.6 Å². The average molecular weight is 390 g/mol. The number of aromatic hydroxyl groups is 1. The van der Waals surface area contributed by atoms with Gasteiger partial charge in [0.1, 0.15) is 11.6 Å². The molecule has 1 heterocycles. The normalized spacial score (nSPS) is 10.9. The van der Waals surface area contributed by atoms with Crippen molar-refractivity contribution in [3.8, 4) is 17.1 Å². The van der Waals surface area contributed by atoms with Gasteiger partial charge in [0.2, 0.25) is 0 Å². The fraction of sp³-hybridized carbons (Fsp3) is 0.320. The summed E-state index contributed by atoms with van der Waals surface area (Å²) in [5.41, 5.74) is 6.32. The zero-order valence-corrected chi connectivity index (χ0v) is 17.9. The Kier molecular flexibility index (Phi) is 6.42. The maximum absolute atomic E-state index is 9.99. The molecule has 4 heteroatoms. The third kappa shape index (κ3) is 4.70. The van der Waals surface area contributed by atoms with E-state index in [-0.39, 0.29) is 5.75 Å². The Morgan fingerprint density at radius 2 is 1.86 bits per heavy atom. The van der Waals surface area contributed by atoms with Crippen LogP contribution in [0.3, 0.4) is 0 Å². The van der Waals surface area contributed by atoms with Crippen LogP contribution in [0.2, 0.25) is 0 Å². The molecule has 0 fully saturated rings.